The molecule has 1 aliphatic heterocycles. The molecule has 0 radical (unpaired) electrons. The minimum atomic E-state index is -4.48. The molecule has 0 N–H and O–H groups in total. The zero-order chi connectivity index (χ0) is 19.0. The summed E-state index contributed by atoms with van der Waals surface area (Å²) in [5.41, 5.74) is 1.35. The predicted molar refractivity (Wildman–Crippen MR) is 94.0 cm³/mol. The van der Waals surface area contributed by atoms with Gasteiger partial charge in [0, 0.05) is 24.5 Å². The predicted octanol–water partition coefficient (Wildman–Crippen LogP) is 4.18. The van der Waals surface area contributed by atoms with Gasteiger partial charge in [-0.25, -0.2) is 9.50 Å². The smallest absolute Gasteiger partial charge is 0.289 e. The Bertz CT molecular complexity index is 936. The van der Waals surface area contributed by atoms with E-state index in [1.165, 1.54) is 0 Å². The number of aryl methyl sites for hydroxylation is 1. The second-order valence-corrected chi connectivity index (χ2v) is 6.92. The van der Waals surface area contributed by atoms with Crippen molar-refractivity contribution in [2.75, 3.05) is 6.54 Å². The molecule has 4 heterocycles. The monoisotopic (exact) mass is 375 g/mol. The maximum atomic E-state index is 13.4. The van der Waals surface area contributed by atoms with Crippen LogP contribution in [0.2, 0.25) is 0 Å². The van der Waals surface area contributed by atoms with Gasteiger partial charge in [0.15, 0.2) is 5.65 Å². The zero-order valence-electron chi connectivity index (χ0n) is 14.9. The van der Waals surface area contributed by atoms with Crippen LogP contribution < -0.4 is 0 Å². The summed E-state index contributed by atoms with van der Waals surface area (Å²) < 4.78 is 41.1. The van der Waals surface area contributed by atoms with Crippen molar-refractivity contribution in [2.45, 2.75) is 44.9 Å². The molecule has 1 saturated heterocycles. The van der Waals surface area contributed by atoms with Gasteiger partial charge in [-0.05, 0) is 44.5 Å². The lowest BCUT2D eigenvalue weighted by molar-refractivity contribution is -0.142. The average molecular weight is 375 g/mol. The molecule has 4 rings (SSSR count). The molecule has 0 aromatic carbocycles. The van der Waals surface area contributed by atoms with Gasteiger partial charge in [-0.3, -0.25) is 9.88 Å². The van der Waals surface area contributed by atoms with E-state index in [0.717, 1.165) is 42.1 Å². The Labute approximate surface area is 154 Å². The van der Waals surface area contributed by atoms with Crippen LogP contribution in [0.4, 0.5) is 13.2 Å². The number of nitrogens with zero attached hydrogens (tertiary/aromatic N) is 5. The highest BCUT2D eigenvalue weighted by Gasteiger charge is 2.36. The Kier molecular flexibility index (Phi) is 4.59. The third-order valence-electron chi connectivity index (χ3n) is 4.91. The Morgan fingerprint density at radius 1 is 1.19 bits per heavy atom. The second-order valence-electron chi connectivity index (χ2n) is 6.92. The van der Waals surface area contributed by atoms with E-state index in [0.29, 0.717) is 17.9 Å². The summed E-state index contributed by atoms with van der Waals surface area (Å²) in [6.07, 6.45) is 0.214. The molecule has 3 aromatic rings. The molecule has 5 nitrogen and oxygen atoms in total. The standard InChI is InChI=1S/C19H20F3N5/c1-13-10-17(19(20,21)22)27-18(24-13)11-15(25-27)16-7-3-5-9-26(16)12-14-6-2-4-8-23-14/h2,4,6,8,10-11,16H,3,5,7,9,12H2,1H3. The third-order valence-corrected chi connectivity index (χ3v) is 4.91. The summed E-state index contributed by atoms with van der Waals surface area (Å²) in [4.78, 5) is 10.9. The number of likely N-dealkylation sites (tertiary alicyclic amines) is 1. The van der Waals surface area contributed by atoms with Gasteiger partial charge < -0.3 is 0 Å². The zero-order valence-corrected chi connectivity index (χ0v) is 14.9. The van der Waals surface area contributed by atoms with Gasteiger partial charge >= 0.3 is 6.18 Å². The first-order valence-corrected chi connectivity index (χ1v) is 9.00. The average Bonchev–Trinajstić information content (AvgIpc) is 3.05. The highest BCUT2D eigenvalue weighted by Crippen LogP contribution is 2.34. The molecule has 0 amide bonds. The van der Waals surface area contributed by atoms with Crippen LogP contribution in [-0.2, 0) is 12.7 Å². The van der Waals surface area contributed by atoms with Crippen LogP contribution in [0.25, 0.3) is 5.65 Å². The van der Waals surface area contributed by atoms with E-state index in [-0.39, 0.29) is 11.7 Å². The minimum absolute atomic E-state index is 0.0381. The van der Waals surface area contributed by atoms with Crippen LogP contribution in [0.15, 0.2) is 36.5 Å². The highest BCUT2D eigenvalue weighted by molar-refractivity contribution is 5.43. The van der Waals surface area contributed by atoms with Gasteiger partial charge in [-0.15, -0.1) is 0 Å². The number of hydrogen-bond acceptors (Lipinski definition) is 4. The van der Waals surface area contributed by atoms with Crippen LogP contribution in [0.3, 0.4) is 0 Å². The normalized spacial score (nSPS) is 18.9. The van der Waals surface area contributed by atoms with Gasteiger partial charge in [0.25, 0.3) is 0 Å². The van der Waals surface area contributed by atoms with E-state index in [1.807, 2.05) is 18.2 Å². The molecule has 0 aliphatic carbocycles. The molecule has 1 fully saturated rings. The number of rotatable bonds is 3. The van der Waals surface area contributed by atoms with Crippen molar-refractivity contribution < 1.29 is 13.2 Å². The fourth-order valence-electron chi connectivity index (χ4n) is 3.70. The SMILES string of the molecule is Cc1cc(C(F)(F)F)n2nc(C3CCCCN3Cc3ccccn3)cc2n1. The summed E-state index contributed by atoms with van der Waals surface area (Å²) in [7, 11) is 0. The molecular formula is C19H20F3N5. The first kappa shape index (κ1) is 17.9. The number of piperidine rings is 1. The number of pyridine rings is 1. The Balaban J connectivity index is 1.71. The molecule has 1 atom stereocenters. The first-order chi connectivity index (χ1) is 12.9. The summed E-state index contributed by atoms with van der Waals surface area (Å²) >= 11 is 0. The molecule has 0 saturated carbocycles. The lowest BCUT2D eigenvalue weighted by Crippen LogP contribution is -2.33. The molecule has 1 aliphatic rings. The van der Waals surface area contributed by atoms with Crippen molar-refractivity contribution in [1.82, 2.24) is 24.5 Å². The summed E-state index contributed by atoms with van der Waals surface area (Å²) in [5.74, 6) is 0. The molecule has 1 unspecified atom stereocenters. The van der Waals surface area contributed by atoms with Gasteiger partial charge in [0.2, 0.25) is 0 Å². The van der Waals surface area contributed by atoms with Crippen LogP contribution in [0.5, 0.6) is 0 Å². The summed E-state index contributed by atoms with van der Waals surface area (Å²) in [6, 6.07) is 8.45. The van der Waals surface area contributed by atoms with Crippen molar-refractivity contribution >= 4 is 5.65 Å². The molecule has 8 heteroatoms. The Hall–Kier alpha value is -2.48. The summed E-state index contributed by atoms with van der Waals surface area (Å²) in [6.45, 7) is 3.08. The van der Waals surface area contributed by atoms with Crippen LogP contribution in [0, 0.1) is 6.92 Å². The van der Waals surface area contributed by atoms with E-state index >= 15 is 0 Å². The van der Waals surface area contributed by atoms with Crippen molar-refractivity contribution in [3.63, 3.8) is 0 Å². The van der Waals surface area contributed by atoms with Gasteiger partial charge in [0.05, 0.1) is 17.4 Å². The maximum absolute atomic E-state index is 13.4. The van der Waals surface area contributed by atoms with Crippen LogP contribution in [0.1, 0.15) is 48.1 Å². The quantitative estimate of drug-likeness (QED) is 0.689. The van der Waals surface area contributed by atoms with Crippen molar-refractivity contribution in [3.05, 3.63) is 59.3 Å². The van der Waals surface area contributed by atoms with Crippen LogP contribution >= 0.6 is 0 Å². The van der Waals surface area contributed by atoms with Gasteiger partial charge in [-0.1, -0.05) is 12.5 Å². The second kappa shape index (κ2) is 6.92. The maximum Gasteiger partial charge on any atom is 0.433 e. The lowest BCUT2D eigenvalue weighted by atomic mass is 9.99. The van der Waals surface area contributed by atoms with E-state index < -0.39 is 11.9 Å². The largest absolute Gasteiger partial charge is 0.433 e. The van der Waals surface area contributed by atoms with E-state index in [1.54, 1.807) is 19.2 Å². The Morgan fingerprint density at radius 3 is 2.78 bits per heavy atom. The van der Waals surface area contributed by atoms with Gasteiger partial charge in [-0.2, -0.15) is 18.3 Å². The summed E-state index contributed by atoms with van der Waals surface area (Å²) in [5, 5.41) is 4.31. The van der Waals surface area contributed by atoms with Gasteiger partial charge in [0.1, 0.15) is 5.69 Å². The Morgan fingerprint density at radius 2 is 2.04 bits per heavy atom. The minimum Gasteiger partial charge on any atom is -0.289 e. The number of halogens is 3. The van der Waals surface area contributed by atoms with E-state index in [9.17, 15) is 13.2 Å². The molecule has 27 heavy (non-hydrogen) atoms. The molecule has 142 valence electrons. The van der Waals surface area contributed by atoms with E-state index in [4.69, 9.17) is 0 Å². The fraction of sp³-hybridized carbons (Fsp3) is 0.421. The van der Waals surface area contributed by atoms with Crippen molar-refractivity contribution in [3.8, 4) is 0 Å². The third kappa shape index (κ3) is 3.66. The number of hydrogen-bond donors (Lipinski definition) is 0. The molecule has 0 bridgehead atoms. The van der Waals surface area contributed by atoms with Crippen molar-refractivity contribution in [1.29, 1.82) is 0 Å². The lowest BCUT2D eigenvalue weighted by Gasteiger charge is -2.34. The fourth-order valence-corrected chi connectivity index (χ4v) is 3.70. The molecule has 0 spiro atoms. The topological polar surface area (TPSA) is 46.3 Å². The number of fused-ring (bicyclic) bond motifs is 1. The highest BCUT2D eigenvalue weighted by atomic mass is 19.4. The molecular weight excluding hydrogens is 355 g/mol. The van der Waals surface area contributed by atoms with E-state index in [2.05, 4.69) is 20.0 Å². The first-order valence-electron chi connectivity index (χ1n) is 9.00. The number of aromatic nitrogens is 4. The molecule has 3 aromatic heterocycles. The van der Waals surface area contributed by atoms with Crippen LogP contribution in [-0.4, -0.2) is 31.0 Å². The van der Waals surface area contributed by atoms with Crippen molar-refractivity contribution in [2.24, 2.45) is 0 Å². The number of alkyl halides is 3.